The van der Waals surface area contributed by atoms with Crippen molar-refractivity contribution in [2.45, 2.75) is 12.6 Å². The number of rotatable bonds is 4. The lowest BCUT2D eigenvalue weighted by molar-refractivity contribution is -0.142. The Bertz CT molecular complexity index is 1410. The van der Waals surface area contributed by atoms with Gasteiger partial charge in [0.2, 0.25) is 6.10 Å². The quantitative estimate of drug-likeness (QED) is 0.443. The molecule has 0 spiro atoms. The van der Waals surface area contributed by atoms with Crippen LogP contribution in [-0.2, 0) is 11.3 Å². The number of piperazine rings is 1. The zero-order valence-electron chi connectivity index (χ0n) is 19.6. The molecule has 0 radical (unpaired) electrons. The van der Waals surface area contributed by atoms with Gasteiger partial charge in [-0.25, -0.2) is 4.68 Å². The first-order valence-corrected chi connectivity index (χ1v) is 12.0. The predicted molar refractivity (Wildman–Crippen MR) is 132 cm³/mol. The van der Waals surface area contributed by atoms with Crippen LogP contribution in [-0.4, -0.2) is 75.5 Å². The molecule has 182 valence electrons. The summed E-state index contributed by atoms with van der Waals surface area (Å²) in [5.74, 6) is 1.08. The molecule has 1 unspecified atom stereocenters. The standard InChI is InChI=1S/C27H25N5O4/c33-26(20-11-9-19(10-12-20)17-32-22-6-2-1-5-21(22)28-29-32)30-13-15-31(16-14-30)27(34)25-18-35-23-7-3-4-8-24(23)36-25/h1-12,25H,13-18H2. The van der Waals surface area contributed by atoms with E-state index in [1.807, 2.05) is 71.4 Å². The number of hydrogen-bond acceptors (Lipinski definition) is 6. The van der Waals surface area contributed by atoms with E-state index in [0.717, 1.165) is 16.6 Å². The molecule has 36 heavy (non-hydrogen) atoms. The fourth-order valence-corrected chi connectivity index (χ4v) is 4.62. The fraction of sp³-hybridized carbons (Fsp3) is 0.259. The van der Waals surface area contributed by atoms with Crippen molar-refractivity contribution in [1.29, 1.82) is 0 Å². The van der Waals surface area contributed by atoms with Gasteiger partial charge in [-0.05, 0) is 42.0 Å². The monoisotopic (exact) mass is 483 g/mol. The van der Waals surface area contributed by atoms with Crippen LogP contribution in [0.1, 0.15) is 15.9 Å². The van der Waals surface area contributed by atoms with Crippen molar-refractivity contribution < 1.29 is 19.1 Å². The first kappa shape index (κ1) is 22.1. The molecule has 3 aromatic carbocycles. The van der Waals surface area contributed by atoms with E-state index in [0.29, 0.717) is 49.8 Å². The zero-order valence-corrected chi connectivity index (χ0v) is 19.6. The first-order chi connectivity index (χ1) is 17.7. The average molecular weight is 484 g/mol. The second-order valence-electron chi connectivity index (χ2n) is 8.91. The smallest absolute Gasteiger partial charge is 0.267 e. The molecule has 2 aliphatic rings. The highest BCUT2D eigenvalue weighted by molar-refractivity contribution is 5.94. The summed E-state index contributed by atoms with van der Waals surface area (Å²) in [6.07, 6.45) is -0.670. The molecule has 0 bridgehead atoms. The van der Waals surface area contributed by atoms with Gasteiger partial charge < -0.3 is 19.3 Å². The van der Waals surface area contributed by atoms with Crippen LogP contribution in [0.2, 0.25) is 0 Å². The van der Waals surface area contributed by atoms with Crippen LogP contribution in [0.4, 0.5) is 0 Å². The molecule has 3 heterocycles. The van der Waals surface area contributed by atoms with E-state index < -0.39 is 6.10 Å². The van der Waals surface area contributed by atoms with Crippen LogP contribution in [0.5, 0.6) is 11.5 Å². The molecule has 2 amide bonds. The summed E-state index contributed by atoms with van der Waals surface area (Å²) in [6, 6.07) is 22.7. The lowest BCUT2D eigenvalue weighted by atomic mass is 10.1. The van der Waals surface area contributed by atoms with Gasteiger partial charge in [-0.3, -0.25) is 9.59 Å². The minimum atomic E-state index is -0.670. The molecule has 1 saturated heterocycles. The summed E-state index contributed by atoms with van der Waals surface area (Å²) in [6.45, 7) is 2.63. The third-order valence-electron chi connectivity index (χ3n) is 6.62. The highest BCUT2D eigenvalue weighted by Gasteiger charge is 2.33. The van der Waals surface area contributed by atoms with Crippen molar-refractivity contribution in [2.75, 3.05) is 32.8 Å². The Morgan fingerprint density at radius 1 is 0.833 bits per heavy atom. The summed E-state index contributed by atoms with van der Waals surface area (Å²) < 4.78 is 13.4. The van der Waals surface area contributed by atoms with Gasteiger partial charge in [-0.15, -0.1) is 5.10 Å². The van der Waals surface area contributed by atoms with Crippen molar-refractivity contribution in [2.24, 2.45) is 0 Å². The first-order valence-electron chi connectivity index (χ1n) is 12.0. The molecule has 1 atom stereocenters. The number of benzene rings is 3. The van der Waals surface area contributed by atoms with Crippen LogP contribution in [0, 0.1) is 0 Å². The van der Waals surface area contributed by atoms with Gasteiger partial charge in [0.05, 0.1) is 12.1 Å². The maximum absolute atomic E-state index is 13.1. The molecular weight excluding hydrogens is 458 g/mol. The van der Waals surface area contributed by atoms with Gasteiger partial charge in [0.15, 0.2) is 11.5 Å². The van der Waals surface area contributed by atoms with Gasteiger partial charge in [-0.2, -0.15) is 0 Å². The molecular formula is C27H25N5O4. The predicted octanol–water partition coefficient (Wildman–Crippen LogP) is 2.60. The molecule has 2 aliphatic heterocycles. The summed E-state index contributed by atoms with van der Waals surface area (Å²) in [7, 11) is 0. The number of fused-ring (bicyclic) bond motifs is 2. The molecule has 1 fully saturated rings. The third-order valence-corrected chi connectivity index (χ3v) is 6.62. The van der Waals surface area contributed by atoms with Gasteiger partial charge >= 0.3 is 0 Å². The number of para-hydroxylation sites is 3. The maximum Gasteiger partial charge on any atom is 0.267 e. The van der Waals surface area contributed by atoms with E-state index in [-0.39, 0.29) is 18.4 Å². The number of amides is 2. The summed E-state index contributed by atoms with van der Waals surface area (Å²) in [4.78, 5) is 29.6. The Balaban J connectivity index is 1.04. The lowest BCUT2D eigenvalue weighted by Crippen LogP contribution is -2.55. The third kappa shape index (κ3) is 4.24. The van der Waals surface area contributed by atoms with Gasteiger partial charge in [0.1, 0.15) is 12.1 Å². The molecule has 1 aromatic heterocycles. The van der Waals surface area contributed by atoms with Crippen LogP contribution >= 0.6 is 0 Å². The largest absolute Gasteiger partial charge is 0.485 e. The number of aromatic nitrogens is 3. The van der Waals surface area contributed by atoms with Gasteiger partial charge in [-0.1, -0.05) is 41.6 Å². The zero-order chi connectivity index (χ0) is 24.5. The van der Waals surface area contributed by atoms with Crippen molar-refractivity contribution in [3.63, 3.8) is 0 Å². The van der Waals surface area contributed by atoms with E-state index in [9.17, 15) is 9.59 Å². The van der Waals surface area contributed by atoms with Crippen molar-refractivity contribution >= 4 is 22.8 Å². The average Bonchev–Trinajstić information content (AvgIpc) is 3.35. The van der Waals surface area contributed by atoms with Crippen LogP contribution < -0.4 is 9.47 Å². The second kappa shape index (κ2) is 9.33. The Kier molecular flexibility index (Phi) is 5.73. The SMILES string of the molecule is O=C(c1ccc(Cn2nnc3ccccc32)cc1)N1CCN(C(=O)C2COc3ccccc3O2)CC1. The lowest BCUT2D eigenvalue weighted by Gasteiger charge is -2.37. The summed E-state index contributed by atoms with van der Waals surface area (Å²) >= 11 is 0. The van der Waals surface area contributed by atoms with Crippen LogP contribution in [0.15, 0.2) is 72.8 Å². The topological polar surface area (TPSA) is 89.8 Å². The highest BCUT2D eigenvalue weighted by atomic mass is 16.6. The number of ether oxygens (including phenoxy) is 2. The fourth-order valence-electron chi connectivity index (χ4n) is 4.62. The summed E-state index contributed by atoms with van der Waals surface area (Å²) in [5, 5.41) is 8.42. The molecule has 0 aliphatic carbocycles. The highest BCUT2D eigenvalue weighted by Crippen LogP contribution is 2.31. The number of nitrogens with zero attached hydrogens (tertiary/aromatic N) is 5. The Morgan fingerprint density at radius 2 is 1.53 bits per heavy atom. The number of carbonyl (C=O) groups excluding carboxylic acids is 2. The van der Waals surface area contributed by atoms with Crippen LogP contribution in [0.25, 0.3) is 11.0 Å². The van der Waals surface area contributed by atoms with E-state index >= 15 is 0 Å². The maximum atomic E-state index is 13.1. The second-order valence-corrected chi connectivity index (χ2v) is 8.91. The minimum Gasteiger partial charge on any atom is -0.485 e. The van der Waals surface area contributed by atoms with Crippen molar-refractivity contribution in [3.05, 3.63) is 83.9 Å². The van der Waals surface area contributed by atoms with Crippen LogP contribution in [0.3, 0.4) is 0 Å². The van der Waals surface area contributed by atoms with E-state index in [1.165, 1.54) is 0 Å². The van der Waals surface area contributed by atoms with E-state index in [2.05, 4.69) is 10.3 Å². The van der Waals surface area contributed by atoms with Gasteiger partial charge in [0.25, 0.3) is 11.8 Å². The molecule has 0 saturated carbocycles. The van der Waals surface area contributed by atoms with E-state index in [4.69, 9.17) is 9.47 Å². The Hall–Kier alpha value is -4.40. The molecule has 9 nitrogen and oxygen atoms in total. The van der Waals surface area contributed by atoms with Crippen molar-refractivity contribution in [3.8, 4) is 11.5 Å². The summed E-state index contributed by atoms with van der Waals surface area (Å²) in [5.41, 5.74) is 3.49. The molecule has 6 rings (SSSR count). The Morgan fingerprint density at radius 3 is 2.33 bits per heavy atom. The number of carbonyl (C=O) groups is 2. The molecule has 4 aromatic rings. The molecule has 9 heteroatoms. The molecule has 0 N–H and O–H groups in total. The number of hydrogen-bond donors (Lipinski definition) is 0. The van der Waals surface area contributed by atoms with Gasteiger partial charge in [0, 0.05) is 31.7 Å². The normalized spacial score (nSPS) is 17.3. The van der Waals surface area contributed by atoms with E-state index in [1.54, 1.807) is 15.9 Å². The minimum absolute atomic E-state index is 0.0361. The van der Waals surface area contributed by atoms with Crippen molar-refractivity contribution in [1.82, 2.24) is 24.8 Å². The Labute approximate surface area is 207 Å².